The molecule has 0 atom stereocenters. The molecule has 0 heterocycles. The summed E-state index contributed by atoms with van der Waals surface area (Å²) in [6.45, 7) is 1.09. The number of aliphatic imine (C=N–C) groups is 1. The SMILES string of the molecule is CN=C(NCc1cccc(C(N)=O)c1)NCc1ccc(OC)c(OC)c1.I. The normalized spacial score (nSPS) is 10.6. The van der Waals surface area contributed by atoms with Crippen molar-refractivity contribution in [3.63, 3.8) is 0 Å². The summed E-state index contributed by atoms with van der Waals surface area (Å²) in [5.74, 6) is 1.57. The molecule has 7 nitrogen and oxygen atoms in total. The fourth-order valence-electron chi connectivity index (χ4n) is 2.42. The standard InChI is InChI=1S/C19H24N4O3.HI/c1-21-19(22-11-13-5-4-6-15(9-13)18(20)24)23-12-14-7-8-16(25-2)17(10-14)26-3;/h4-10H,11-12H2,1-3H3,(H2,20,24)(H2,21,22,23);1H. The zero-order valence-electron chi connectivity index (χ0n) is 15.6. The molecule has 0 radical (unpaired) electrons. The lowest BCUT2D eigenvalue weighted by Crippen LogP contribution is -2.36. The van der Waals surface area contributed by atoms with Crippen molar-refractivity contribution >= 4 is 35.8 Å². The molecule has 2 rings (SSSR count). The Morgan fingerprint density at radius 2 is 1.63 bits per heavy atom. The topological polar surface area (TPSA) is 98.0 Å². The molecule has 4 N–H and O–H groups in total. The highest BCUT2D eigenvalue weighted by atomic mass is 127. The predicted octanol–water partition coefficient (Wildman–Crippen LogP) is 2.29. The van der Waals surface area contributed by atoms with E-state index in [0.717, 1.165) is 11.1 Å². The van der Waals surface area contributed by atoms with Crippen LogP contribution in [0.15, 0.2) is 47.5 Å². The van der Waals surface area contributed by atoms with E-state index in [1.165, 1.54) is 0 Å². The Bertz CT molecular complexity index is 796. The molecular weight excluding hydrogens is 459 g/mol. The van der Waals surface area contributed by atoms with Gasteiger partial charge >= 0.3 is 0 Å². The lowest BCUT2D eigenvalue weighted by Gasteiger charge is -2.14. The fraction of sp³-hybridized carbons (Fsp3) is 0.263. The third-order valence-corrected chi connectivity index (χ3v) is 3.80. The average molecular weight is 484 g/mol. The molecule has 0 fully saturated rings. The van der Waals surface area contributed by atoms with Crippen molar-refractivity contribution in [2.45, 2.75) is 13.1 Å². The van der Waals surface area contributed by atoms with E-state index in [1.807, 2.05) is 24.3 Å². The molecule has 0 unspecified atom stereocenters. The summed E-state index contributed by atoms with van der Waals surface area (Å²) in [7, 11) is 4.91. The number of benzene rings is 2. The first-order valence-electron chi connectivity index (χ1n) is 8.11. The lowest BCUT2D eigenvalue weighted by molar-refractivity contribution is 0.1000. The number of primary amides is 1. The molecule has 8 heteroatoms. The molecule has 0 aromatic heterocycles. The maximum atomic E-state index is 11.3. The summed E-state index contributed by atoms with van der Waals surface area (Å²) in [5, 5.41) is 6.44. The van der Waals surface area contributed by atoms with Crippen molar-refractivity contribution in [3.05, 3.63) is 59.2 Å². The maximum absolute atomic E-state index is 11.3. The summed E-state index contributed by atoms with van der Waals surface area (Å²) in [5.41, 5.74) is 7.76. The summed E-state index contributed by atoms with van der Waals surface area (Å²) < 4.78 is 10.5. The van der Waals surface area contributed by atoms with E-state index in [-0.39, 0.29) is 24.0 Å². The Kier molecular flexibility index (Phi) is 9.41. The van der Waals surface area contributed by atoms with Crippen LogP contribution in [-0.2, 0) is 13.1 Å². The Morgan fingerprint density at radius 1 is 1.00 bits per heavy atom. The molecule has 0 saturated carbocycles. The molecule has 2 aromatic rings. The number of nitrogens with two attached hydrogens (primary N) is 1. The van der Waals surface area contributed by atoms with Crippen LogP contribution in [0.3, 0.4) is 0 Å². The van der Waals surface area contributed by atoms with Crippen molar-refractivity contribution in [2.24, 2.45) is 10.7 Å². The van der Waals surface area contributed by atoms with Gasteiger partial charge in [0.2, 0.25) is 5.91 Å². The molecule has 0 aliphatic heterocycles. The van der Waals surface area contributed by atoms with Crippen LogP contribution in [0, 0.1) is 0 Å². The van der Waals surface area contributed by atoms with Crippen molar-refractivity contribution in [3.8, 4) is 11.5 Å². The zero-order chi connectivity index (χ0) is 18.9. The van der Waals surface area contributed by atoms with Crippen LogP contribution >= 0.6 is 24.0 Å². The highest BCUT2D eigenvalue weighted by Crippen LogP contribution is 2.27. The van der Waals surface area contributed by atoms with Gasteiger partial charge in [0, 0.05) is 25.7 Å². The summed E-state index contributed by atoms with van der Waals surface area (Å²) in [6.07, 6.45) is 0. The molecule has 0 spiro atoms. The first-order valence-corrected chi connectivity index (χ1v) is 8.11. The summed E-state index contributed by atoms with van der Waals surface area (Å²) >= 11 is 0. The second-order valence-corrected chi connectivity index (χ2v) is 5.53. The lowest BCUT2D eigenvalue weighted by atomic mass is 10.1. The van der Waals surface area contributed by atoms with E-state index in [2.05, 4.69) is 15.6 Å². The third kappa shape index (κ3) is 6.63. The molecule has 2 aromatic carbocycles. The van der Waals surface area contributed by atoms with E-state index in [9.17, 15) is 4.79 Å². The number of ether oxygens (including phenoxy) is 2. The molecule has 0 bridgehead atoms. The quantitative estimate of drug-likeness (QED) is 0.318. The van der Waals surface area contributed by atoms with E-state index in [4.69, 9.17) is 15.2 Å². The van der Waals surface area contributed by atoms with Crippen molar-refractivity contribution in [1.29, 1.82) is 0 Å². The van der Waals surface area contributed by atoms with Gasteiger partial charge < -0.3 is 25.8 Å². The van der Waals surface area contributed by atoms with Crippen LogP contribution < -0.4 is 25.8 Å². The van der Waals surface area contributed by atoms with Crippen LogP contribution in [-0.4, -0.2) is 33.1 Å². The summed E-state index contributed by atoms with van der Waals surface area (Å²) in [4.78, 5) is 15.5. The molecule has 27 heavy (non-hydrogen) atoms. The van der Waals surface area contributed by atoms with Crippen LogP contribution in [0.2, 0.25) is 0 Å². The Balaban J connectivity index is 0.00000364. The Labute approximate surface area is 176 Å². The van der Waals surface area contributed by atoms with Crippen molar-refractivity contribution in [1.82, 2.24) is 10.6 Å². The minimum atomic E-state index is -0.442. The van der Waals surface area contributed by atoms with Crippen molar-refractivity contribution < 1.29 is 14.3 Å². The van der Waals surface area contributed by atoms with Crippen molar-refractivity contribution in [2.75, 3.05) is 21.3 Å². The number of nitrogens with one attached hydrogen (secondary N) is 2. The number of amides is 1. The Hall–Kier alpha value is -2.49. The average Bonchev–Trinajstić information content (AvgIpc) is 2.68. The molecular formula is C19H25IN4O3. The highest BCUT2D eigenvalue weighted by molar-refractivity contribution is 14.0. The first kappa shape index (κ1) is 22.6. The van der Waals surface area contributed by atoms with E-state index < -0.39 is 5.91 Å². The zero-order valence-corrected chi connectivity index (χ0v) is 17.9. The van der Waals surface area contributed by atoms with Gasteiger partial charge in [0.25, 0.3) is 0 Å². The molecule has 1 amide bonds. The van der Waals surface area contributed by atoms with Crippen LogP contribution in [0.4, 0.5) is 0 Å². The summed E-state index contributed by atoms with van der Waals surface area (Å²) in [6, 6.07) is 12.9. The predicted molar refractivity (Wildman–Crippen MR) is 117 cm³/mol. The van der Waals surface area contributed by atoms with Gasteiger partial charge in [0.1, 0.15) is 0 Å². The molecule has 0 aliphatic carbocycles. The monoisotopic (exact) mass is 484 g/mol. The number of hydrogen-bond donors (Lipinski definition) is 3. The van der Waals surface area contributed by atoms with Crippen LogP contribution in [0.25, 0.3) is 0 Å². The largest absolute Gasteiger partial charge is 0.493 e. The fourth-order valence-corrected chi connectivity index (χ4v) is 2.42. The number of nitrogens with zero attached hydrogens (tertiary/aromatic N) is 1. The van der Waals surface area contributed by atoms with Gasteiger partial charge in [-0.2, -0.15) is 0 Å². The second kappa shape index (κ2) is 11.3. The van der Waals surface area contributed by atoms with Gasteiger partial charge in [-0.15, -0.1) is 24.0 Å². The number of rotatable bonds is 7. The van der Waals surface area contributed by atoms with E-state index >= 15 is 0 Å². The number of guanidine groups is 1. The smallest absolute Gasteiger partial charge is 0.248 e. The van der Waals surface area contributed by atoms with Gasteiger partial charge in [-0.05, 0) is 35.4 Å². The van der Waals surface area contributed by atoms with Gasteiger partial charge in [-0.1, -0.05) is 18.2 Å². The Morgan fingerprint density at radius 3 is 2.19 bits per heavy atom. The number of halogens is 1. The minimum Gasteiger partial charge on any atom is -0.493 e. The minimum absolute atomic E-state index is 0. The van der Waals surface area contributed by atoms with Gasteiger partial charge in [-0.25, -0.2) is 0 Å². The second-order valence-electron chi connectivity index (χ2n) is 5.53. The number of hydrogen-bond acceptors (Lipinski definition) is 4. The number of carbonyl (C=O) groups is 1. The molecule has 0 saturated heterocycles. The van der Waals surface area contributed by atoms with Gasteiger partial charge in [-0.3, -0.25) is 9.79 Å². The number of carbonyl (C=O) groups excluding carboxylic acids is 1. The van der Waals surface area contributed by atoms with Gasteiger partial charge in [0.05, 0.1) is 14.2 Å². The van der Waals surface area contributed by atoms with Gasteiger partial charge in [0.15, 0.2) is 17.5 Å². The van der Waals surface area contributed by atoms with Crippen LogP contribution in [0.1, 0.15) is 21.5 Å². The molecule has 146 valence electrons. The molecule has 0 aliphatic rings. The number of methoxy groups -OCH3 is 2. The third-order valence-electron chi connectivity index (χ3n) is 3.80. The van der Waals surface area contributed by atoms with Crippen LogP contribution in [0.5, 0.6) is 11.5 Å². The van der Waals surface area contributed by atoms with E-state index in [1.54, 1.807) is 39.5 Å². The first-order chi connectivity index (χ1) is 12.6. The maximum Gasteiger partial charge on any atom is 0.248 e. The van der Waals surface area contributed by atoms with E-state index in [0.29, 0.717) is 36.1 Å². The highest BCUT2D eigenvalue weighted by Gasteiger charge is 2.06.